The van der Waals surface area contributed by atoms with Gasteiger partial charge in [0.15, 0.2) is 0 Å². The van der Waals surface area contributed by atoms with E-state index >= 15 is 0 Å². The number of halogens is 2. The summed E-state index contributed by atoms with van der Waals surface area (Å²) in [7, 11) is 1.74. The molecule has 0 amide bonds. The monoisotopic (exact) mass is 828 g/mol. The summed E-state index contributed by atoms with van der Waals surface area (Å²) in [4.78, 5) is 0. The molecule has 6 aromatic rings. The average molecular weight is 831 g/mol. The first-order chi connectivity index (χ1) is 22.5. The Morgan fingerprint density at radius 3 is 1.52 bits per heavy atom. The molecule has 6 aromatic carbocycles. The number of hydrogen-bond donors (Lipinski definition) is 0. The first-order valence-electron chi connectivity index (χ1n) is 16.9. The standard InChI is InChI=1S/C25H31O.C20H21.2CH3.2ClH.Si.Zr/c1-16-11-21-20(9-10-23(26-8)22(21)12-16)17-13-18(24(2,3)4)15-19(14-17)25(5,6)7;1-14-12-16-6-5-7-18(19(16)13-14)15-8-10-17(11-9-15)20(2,3)4;;;;;;/h9-15H,1-8H3;5-13H,1-4H3;2*1H3;2*1H;;/q4*-1;;;;. The van der Waals surface area contributed by atoms with Gasteiger partial charge in [-0.3, -0.25) is 0 Å². The van der Waals surface area contributed by atoms with Crippen LogP contribution in [0.15, 0.2) is 97.1 Å². The second kappa shape index (κ2) is 19.8. The third kappa shape index (κ3) is 11.5. The van der Waals surface area contributed by atoms with Crippen LogP contribution in [0.4, 0.5) is 0 Å². The summed E-state index contributed by atoms with van der Waals surface area (Å²) in [5.74, 6) is 0.944. The van der Waals surface area contributed by atoms with Crippen LogP contribution in [0.1, 0.15) is 90.1 Å². The van der Waals surface area contributed by atoms with Gasteiger partial charge in [0.1, 0.15) is 0 Å². The van der Waals surface area contributed by atoms with Crippen LogP contribution in [-0.2, 0) is 39.6 Å². The Hall–Kier alpha value is -2.42. The van der Waals surface area contributed by atoms with Crippen molar-refractivity contribution in [1.82, 2.24) is 0 Å². The number of fused-ring (bicyclic) bond motifs is 2. The van der Waals surface area contributed by atoms with Crippen LogP contribution in [0.2, 0.25) is 0 Å². The van der Waals surface area contributed by atoms with E-state index in [2.05, 4.69) is 180 Å². The molecule has 0 aliphatic heterocycles. The van der Waals surface area contributed by atoms with E-state index in [9.17, 15) is 0 Å². The molecular weight excluding hydrogens is 771 g/mol. The number of hydrogen-bond acceptors (Lipinski definition) is 1. The number of methoxy groups -OCH3 is 1. The Balaban J connectivity index is 0.000000910. The van der Waals surface area contributed by atoms with E-state index in [1.165, 1.54) is 95.0 Å². The van der Waals surface area contributed by atoms with E-state index in [4.69, 9.17) is 4.74 Å². The number of benzene rings is 4. The van der Waals surface area contributed by atoms with Gasteiger partial charge in [-0.1, -0.05) is 148 Å². The molecule has 0 N–H and O–H groups in total. The normalized spacial score (nSPS) is 11.0. The molecule has 0 saturated heterocycles. The summed E-state index contributed by atoms with van der Waals surface area (Å²) in [6.45, 7) is 27.8. The van der Waals surface area contributed by atoms with Crippen molar-refractivity contribution in [2.24, 2.45) is 0 Å². The van der Waals surface area contributed by atoms with E-state index in [0.717, 1.165) is 5.75 Å². The molecule has 0 atom stereocenters. The fourth-order valence-electron chi connectivity index (χ4n) is 6.28. The predicted molar refractivity (Wildman–Crippen MR) is 235 cm³/mol. The van der Waals surface area contributed by atoms with E-state index < -0.39 is 0 Å². The maximum atomic E-state index is 5.59. The van der Waals surface area contributed by atoms with Gasteiger partial charge in [-0.05, 0) is 44.1 Å². The van der Waals surface area contributed by atoms with Gasteiger partial charge in [-0.25, -0.2) is 0 Å². The molecule has 0 aliphatic rings. The van der Waals surface area contributed by atoms with Crippen LogP contribution in [0.3, 0.4) is 0 Å². The molecule has 0 heterocycles. The molecule has 0 unspecified atom stereocenters. The summed E-state index contributed by atoms with van der Waals surface area (Å²) in [6, 6.07) is 36.0. The molecule has 0 aliphatic carbocycles. The number of rotatable bonds is 3. The number of ether oxygens (including phenoxy) is 1. The quantitative estimate of drug-likeness (QED) is 0.128. The zero-order valence-corrected chi connectivity index (χ0v) is 39.1. The molecule has 0 bridgehead atoms. The predicted octanol–water partition coefficient (Wildman–Crippen LogP) is 14.3. The van der Waals surface area contributed by atoms with Crippen molar-refractivity contribution in [2.45, 2.75) is 92.4 Å². The van der Waals surface area contributed by atoms with Gasteiger partial charge < -0.3 is 19.6 Å². The van der Waals surface area contributed by atoms with Crippen molar-refractivity contribution in [3.05, 3.63) is 140 Å². The Morgan fingerprint density at radius 1 is 0.538 bits per heavy atom. The maximum absolute atomic E-state index is 5.59. The Morgan fingerprint density at radius 2 is 1.02 bits per heavy atom. The van der Waals surface area contributed by atoms with Crippen molar-refractivity contribution in [1.29, 1.82) is 0 Å². The van der Waals surface area contributed by atoms with Crippen LogP contribution >= 0.6 is 24.8 Å². The first kappa shape index (κ1) is 49.6. The molecular formula is C47H60Cl2OSiZr-4. The van der Waals surface area contributed by atoms with Crippen LogP contribution < -0.4 is 4.74 Å². The van der Waals surface area contributed by atoms with E-state index in [1.54, 1.807) is 7.11 Å². The third-order valence-electron chi connectivity index (χ3n) is 9.14. The van der Waals surface area contributed by atoms with Crippen molar-refractivity contribution in [3.8, 4) is 28.0 Å². The molecule has 0 fully saturated rings. The Bertz CT molecular complexity index is 1980. The zero-order valence-electron chi connectivity index (χ0n) is 34.0. The van der Waals surface area contributed by atoms with E-state index in [-0.39, 0.29) is 55.9 Å². The van der Waals surface area contributed by atoms with Gasteiger partial charge in [0.25, 0.3) is 0 Å². The Labute approximate surface area is 346 Å². The van der Waals surface area contributed by atoms with Gasteiger partial charge in [-0.2, -0.15) is 12.1 Å². The summed E-state index contributed by atoms with van der Waals surface area (Å²) in [6.07, 6.45) is 0. The first-order valence-corrected chi connectivity index (χ1v) is 21.1. The van der Waals surface area contributed by atoms with Crippen LogP contribution in [0, 0.1) is 28.7 Å². The topological polar surface area (TPSA) is 9.23 Å². The van der Waals surface area contributed by atoms with Crippen LogP contribution in [0.5, 0.6) is 5.75 Å². The molecule has 280 valence electrons. The SMILES string of the molecule is COc1ccc(-c2cc(C(C)(C)C)cc(C(C)(C)C)c2)c2cc(C)[cH-]c12.Cc1cc2c(-c3ccc(C(C)(C)C)cc3)cccc2[cH-]1.Cl.Cl.[CH3-].[CH3-].[Si]=[Zr]. The van der Waals surface area contributed by atoms with E-state index in [0.29, 0.717) is 0 Å². The summed E-state index contributed by atoms with van der Waals surface area (Å²) >= 11 is 1.36. The van der Waals surface area contributed by atoms with Gasteiger partial charge >= 0.3 is 30.2 Å². The van der Waals surface area contributed by atoms with Crippen molar-refractivity contribution < 1.29 is 28.1 Å². The third-order valence-corrected chi connectivity index (χ3v) is 9.14. The average Bonchev–Trinajstić information content (AvgIpc) is 3.61. The molecule has 0 spiro atoms. The van der Waals surface area contributed by atoms with Gasteiger partial charge in [0.2, 0.25) is 0 Å². The summed E-state index contributed by atoms with van der Waals surface area (Å²) < 4.78 is 5.59. The Kier molecular flexibility index (Phi) is 18.9. The van der Waals surface area contributed by atoms with Gasteiger partial charge in [-0.15, -0.1) is 81.8 Å². The van der Waals surface area contributed by atoms with Crippen LogP contribution in [-0.4, -0.2) is 14.0 Å². The molecule has 5 heteroatoms. The van der Waals surface area contributed by atoms with Crippen molar-refractivity contribution >= 4 is 53.2 Å². The van der Waals surface area contributed by atoms with Gasteiger partial charge in [0.05, 0.1) is 7.11 Å². The van der Waals surface area contributed by atoms with Gasteiger partial charge in [0, 0.05) is 5.75 Å². The second-order valence-corrected chi connectivity index (χ2v) is 16.1. The minimum absolute atomic E-state index is 0. The molecule has 2 radical (unpaired) electrons. The fourth-order valence-corrected chi connectivity index (χ4v) is 6.28. The molecule has 0 saturated carbocycles. The fraction of sp³-hybridized carbons (Fsp3) is 0.319. The van der Waals surface area contributed by atoms with Crippen molar-refractivity contribution in [3.63, 3.8) is 0 Å². The van der Waals surface area contributed by atoms with Crippen LogP contribution in [0.25, 0.3) is 43.8 Å². The summed E-state index contributed by atoms with van der Waals surface area (Å²) in [5.41, 5.74) is 12.4. The van der Waals surface area contributed by atoms with Crippen molar-refractivity contribution in [2.75, 3.05) is 7.11 Å². The minimum atomic E-state index is 0. The van der Waals surface area contributed by atoms with E-state index in [1.807, 2.05) is 0 Å². The molecule has 52 heavy (non-hydrogen) atoms. The molecule has 6 rings (SSSR count). The number of aryl methyl sites for hydroxylation is 2. The second-order valence-electron chi connectivity index (χ2n) is 16.1. The molecule has 0 aromatic heterocycles. The summed E-state index contributed by atoms with van der Waals surface area (Å²) in [5, 5.41) is 5.15. The zero-order chi connectivity index (χ0) is 35.6. The molecule has 1 nitrogen and oxygen atoms in total.